The van der Waals surface area contributed by atoms with Crippen molar-refractivity contribution in [1.29, 1.82) is 0 Å². The summed E-state index contributed by atoms with van der Waals surface area (Å²) in [5, 5.41) is 0. The topological polar surface area (TPSA) is 41.9 Å². The smallest absolute Gasteiger partial charge is 0.125 e. The van der Waals surface area contributed by atoms with E-state index in [-0.39, 0.29) is 0 Å². The molecular formula is C17H22N4. The summed E-state index contributed by atoms with van der Waals surface area (Å²) in [4.78, 5) is 15.7. The van der Waals surface area contributed by atoms with E-state index in [0.717, 1.165) is 31.2 Å². The summed E-state index contributed by atoms with van der Waals surface area (Å²) in [6.45, 7) is 7.20. The lowest BCUT2D eigenvalue weighted by Crippen LogP contribution is -2.34. The molecule has 0 aromatic carbocycles. The molecule has 2 aromatic rings. The SMILES string of the molecule is Cc1ccc(CN2CCC[C@@H](c3ccnc(C)n3)C2)cn1. The minimum Gasteiger partial charge on any atom is -0.298 e. The molecule has 110 valence electrons. The van der Waals surface area contributed by atoms with E-state index in [1.54, 1.807) is 0 Å². The lowest BCUT2D eigenvalue weighted by atomic mass is 9.94. The van der Waals surface area contributed by atoms with E-state index < -0.39 is 0 Å². The van der Waals surface area contributed by atoms with Gasteiger partial charge in [-0.1, -0.05) is 6.07 Å². The molecule has 4 nitrogen and oxygen atoms in total. The number of aromatic nitrogens is 3. The first-order chi connectivity index (χ1) is 10.2. The lowest BCUT2D eigenvalue weighted by molar-refractivity contribution is 0.198. The van der Waals surface area contributed by atoms with Crippen molar-refractivity contribution in [2.75, 3.05) is 13.1 Å². The van der Waals surface area contributed by atoms with Gasteiger partial charge in [0.1, 0.15) is 5.82 Å². The molecule has 0 radical (unpaired) electrons. The van der Waals surface area contributed by atoms with Crippen LogP contribution in [0, 0.1) is 13.8 Å². The molecule has 4 heteroatoms. The third-order valence-electron chi connectivity index (χ3n) is 4.10. The van der Waals surface area contributed by atoms with Crippen molar-refractivity contribution in [1.82, 2.24) is 19.9 Å². The number of aryl methyl sites for hydroxylation is 2. The molecule has 3 heterocycles. The molecule has 0 aliphatic carbocycles. The van der Waals surface area contributed by atoms with E-state index in [2.05, 4.69) is 38.1 Å². The molecule has 3 rings (SSSR count). The molecular weight excluding hydrogens is 260 g/mol. The maximum atomic E-state index is 4.60. The highest BCUT2D eigenvalue weighted by Gasteiger charge is 2.22. The van der Waals surface area contributed by atoms with Gasteiger partial charge in [0.15, 0.2) is 0 Å². The van der Waals surface area contributed by atoms with Gasteiger partial charge in [0.05, 0.1) is 0 Å². The highest BCUT2D eigenvalue weighted by Crippen LogP contribution is 2.26. The minimum absolute atomic E-state index is 0.527. The number of rotatable bonds is 3. The number of hydrogen-bond donors (Lipinski definition) is 0. The predicted octanol–water partition coefficient (Wildman–Crippen LogP) is 2.87. The monoisotopic (exact) mass is 282 g/mol. The number of pyridine rings is 1. The van der Waals surface area contributed by atoms with Crippen LogP contribution in [0.3, 0.4) is 0 Å². The molecule has 2 aromatic heterocycles. The lowest BCUT2D eigenvalue weighted by Gasteiger charge is -2.32. The zero-order valence-corrected chi connectivity index (χ0v) is 12.8. The first-order valence-electron chi connectivity index (χ1n) is 7.64. The highest BCUT2D eigenvalue weighted by atomic mass is 15.1. The van der Waals surface area contributed by atoms with Gasteiger partial charge in [0.2, 0.25) is 0 Å². The normalized spacial score (nSPS) is 19.6. The Bertz CT molecular complexity index is 594. The highest BCUT2D eigenvalue weighted by molar-refractivity contribution is 5.14. The van der Waals surface area contributed by atoms with Gasteiger partial charge < -0.3 is 0 Å². The fraction of sp³-hybridized carbons (Fsp3) is 0.471. The molecule has 0 bridgehead atoms. The maximum Gasteiger partial charge on any atom is 0.125 e. The van der Waals surface area contributed by atoms with Crippen molar-refractivity contribution in [3.05, 3.63) is 53.4 Å². The summed E-state index contributed by atoms with van der Waals surface area (Å²) in [5.41, 5.74) is 3.56. The Morgan fingerprint density at radius 3 is 2.86 bits per heavy atom. The Hall–Kier alpha value is -1.81. The van der Waals surface area contributed by atoms with Crippen molar-refractivity contribution in [3.8, 4) is 0 Å². The van der Waals surface area contributed by atoms with Gasteiger partial charge >= 0.3 is 0 Å². The molecule has 1 aliphatic heterocycles. The molecule has 1 aliphatic rings. The van der Waals surface area contributed by atoms with Crippen LogP contribution < -0.4 is 0 Å². The van der Waals surface area contributed by atoms with E-state index in [9.17, 15) is 0 Å². The molecule has 21 heavy (non-hydrogen) atoms. The summed E-state index contributed by atoms with van der Waals surface area (Å²) >= 11 is 0. The molecule has 1 saturated heterocycles. The van der Waals surface area contributed by atoms with Gasteiger partial charge in [-0.05, 0) is 50.9 Å². The van der Waals surface area contributed by atoms with Crippen LogP contribution in [0.15, 0.2) is 30.6 Å². The van der Waals surface area contributed by atoms with Gasteiger partial charge in [-0.15, -0.1) is 0 Å². The third kappa shape index (κ3) is 3.64. The second-order valence-electron chi connectivity index (χ2n) is 5.91. The van der Waals surface area contributed by atoms with Gasteiger partial charge in [-0.2, -0.15) is 0 Å². The van der Waals surface area contributed by atoms with E-state index in [0.29, 0.717) is 5.92 Å². The number of nitrogens with zero attached hydrogens (tertiary/aromatic N) is 4. The molecule has 0 amide bonds. The second kappa shape index (κ2) is 6.31. The largest absolute Gasteiger partial charge is 0.298 e. The van der Waals surface area contributed by atoms with E-state index >= 15 is 0 Å². The summed E-state index contributed by atoms with van der Waals surface area (Å²) < 4.78 is 0. The van der Waals surface area contributed by atoms with Crippen LogP contribution >= 0.6 is 0 Å². The third-order valence-corrected chi connectivity index (χ3v) is 4.10. The fourth-order valence-corrected chi connectivity index (χ4v) is 2.99. The first kappa shape index (κ1) is 14.1. The van der Waals surface area contributed by atoms with Crippen LogP contribution in [0.1, 0.15) is 41.5 Å². The molecule has 0 unspecified atom stereocenters. The van der Waals surface area contributed by atoms with Crippen LogP contribution in [0.5, 0.6) is 0 Å². The minimum atomic E-state index is 0.527. The van der Waals surface area contributed by atoms with Crippen molar-refractivity contribution >= 4 is 0 Å². The fourth-order valence-electron chi connectivity index (χ4n) is 2.99. The van der Waals surface area contributed by atoms with Crippen LogP contribution in [0.2, 0.25) is 0 Å². The van der Waals surface area contributed by atoms with E-state index in [4.69, 9.17) is 0 Å². The van der Waals surface area contributed by atoms with Gasteiger partial charge in [0, 0.05) is 42.8 Å². The number of piperidine rings is 1. The number of likely N-dealkylation sites (tertiary alicyclic amines) is 1. The quantitative estimate of drug-likeness (QED) is 0.868. The summed E-state index contributed by atoms with van der Waals surface area (Å²) in [7, 11) is 0. The molecule has 0 N–H and O–H groups in total. The molecule has 1 atom stereocenters. The Morgan fingerprint density at radius 2 is 2.10 bits per heavy atom. The Morgan fingerprint density at radius 1 is 1.19 bits per heavy atom. The Labute approximate surface area is 126 Å². The molecule has 0 spiro atoms. The Balaban J connectivity index is 1.67. The average Bonchev–Trinajstić information content (AvgIpc) is 2.50. The van der Waals surface area contributed by atoms with Crippen molar-refractivity contribution in [2.45, 2.75) is 39.2 Å². The maximum absolute atomic E-state index is 4.60. The van der Waals surface area contributed by atoms with E-state index in [1.807, 2.05) is 26.2 Å². The van der Waals surface area contributed by atoms with Crippen LogP contribution in [0.25, 0.3) is 0 Å². The van der Waals surface area contributed by atoms with E-state index in [1.165, 1.54) is 24.1 Å². The van der Waals surface area contributed by atoms with Crippen LogP contribution in [-0.4, -0.2) is 32.9 Å². The average molecular weight is 282 g/mol. The van der Waals surface area contributed by atoms with Crippen LogP contribution in [-0.2, 0) is 6.54 Å². The zero-order valence-electron chi connectivity index (χ0n) is 12.8. The standard InChI is InChI=1S/C17H22N4/c1-13-5-6-15(10-19-13)11-21-9-3-4-16(12-21)17-7-8-18-14(2)20-17/h5-8,10,16H,3-4,9,11-12H2,1-2H3/t16-/m1/s1. The predicted molar refractivity (Wildman–Crippen MR) is 83.0 cm³/mol. The van der Waals surface area contributed by atoms with Crippen molar-refractivity contribution in [2.24, 2.45) is 0 Å². The first-order valence-corrected chi connectivity index (χ1v) is 7.64. The summed E-state index contributed by atoms with van der Waals surface area (Å²) in [6.07, 6.45) is 6.32. The summed E-state index contributed by atoms with van der Waals surface area (Å²) in [6, 6.07) is 6.33. The van der Waals surface area contributed by atoms with Gasteiger partial charge in [-0.3, -0.25) is 9.88 Å². The zero-order chi connectivity index (χ0) is 14.7. The molecule has 0 saturated carbocycles. The number of hydrogen-bond acceptors (Lipinski definition) is 4. The van der Waals surface area contributed by atoms with Crippen molar-refractivity contribution < 1.29 is 0 Å². The van der Waals surface area contributed by atoms with Crippen molar-refractivity contribution in [3.63, 3.8) is 0 Å². The summed E-state index contributed by atoms with van der Waals surface area (Å²) in [5.74, 6) is 1.39. The van der Waals surface area contributed by atoms with Crippen LogP contribution in [0.4, 0.5) is 0 Å². The Kier molecular flexibility index (Phi) is 4.25. The van der Waals surface area contributed by atoms with Gasteiger partial charge in [-0.25, -0.2) is 9.97 Å². The second-order valence-corrected chi connectivity index (χ2v) is 5.91. The molecule has 1 fully saturated rings. The van der Waals surface area contributed by atoms with Gasteiger partial charge in [0.25, 0.3) is 0 Å².